The molecule has 0 aliphatic rings. The standard InChI is InChI=1S/C15H17NS/c1-13(17-15-9-5-6-12-16-15)10-11-14-7-3-2-4-8-14/h2-9,12-13H,10-11H2,1H3/t13-/m1/s1. The van der Waals surface area contributed by atoms with Gasteiger partial charge in [0.05, 0.1) is 5.03 Å². The summed E-state index contributed by atoms with van der Waals surface area (Å²) in [7, 11) is 0. The first-order valence-corrected chi connectivity index (χ1v) is 6.84. The number of pyridine rings is 1. The lowest BCUT2D eigenvalue weighted by Crippen LogP contribution is -1.99. The Hall–Kier alpha value is -1.28. The Bertz CT molecular complexity index is 427. The zero-order valence-electron chi connectivity index (χ0n) is 10.0. The third-order valence-corrected chi connectivity index (χ3v) is 3.76. The van der Waals surface area contributed by atoms with Gasteiger partial charge in [-0.1, -0.05) is 43.3 Å². The number of hydrogen-bond donors (Lipinski definition) is 0. The van der Waals surface area contributed by atoms with E-state index in [0.717, 1.165) is 11.4 Å². The van der Waals surface area contributed by atoms with Crippen molar-refractivity contribution < 1.29 is 0 Å². The van der Waals surface area contributed by atoms with E-state index in [-0.39, 0.29) is 0 Å². The highest BCUT2D eigenvalue weighted by Crippen LogP contribution is 2.23. The summed E-state index contributed by atoms with van der Waals surface area (Å²) in [5.41, 5.74) is 1.42. The van der Waals surface area contributed by atoms with Crippen molar-refractivity contribution in [2.45, 2.75) is 30.0 Å². The van der Waals surface area contributed by atoms with Crippen LogP contribution >= 0.6 is 11.8 Å². The zero-order valence-corrected chi connectivity index (χ0v) is 10.9. The molecule has 0 fully saturated rings. The quantitative estimate of drug-likeness (QED) is 0.730. The molecule has 2 heteroatoms. The predicted octanol–water partition coefficient (Wildman–Crippen LogP) is 4.20. The summed E-state index contributed by atoms with van der Waals surface area (Å²) < 4.78 is 0. The molecule has 17 heavy (non-hydrogen) atoms. The van der Waals surface area contributed by atoms with Crippen molar-refractivity contribution in [2.75, 3.05) is 0 Å². The molecule has 88 valence electrons. The van der Waals surface area contributed by atoms with E-state index >= 15 is 0 Å². The van der Waals surface area contributed by atoms with Crippen molar-refractivity contribution in [3.8, 4) is 0 Å². The Kier molecular flexibility index (Phi) is 4.63. The second-order valence-corrected chi connectivity index (χ2v) is 5.58. The molecule has 0 unspecified atom stereocenters. The highest BCUT2D eigenvalue weighted by atomic mass is 32.2. The second kappa shape index (κ2) is 6.45. The minimum absolute atomic E-state index is 0.602. The van der Waals surface area contributed by atoms with Crippen molar-refractivity contribution in [1.82, 2.24) is 4.98 Å². The Morgan fingerprint density at radius 2 is 1.82 bits per heavy atom. The van der Waals surface area contributed by atoms with Crippen LogP contribution in [-0.2, 0) is 6.42 Å². The van der Waals surface area contributed by atoms with Crippen LogP contribution < -0.4 is 0 Å². The normalized spacial score (nSPS) is 12.3. The molecule has 1 nitrogen and oxygen atoms in total. The van der Waals surface area contributed by atoms with Crippen LogP contribution in [0.1, 0.15) is 18.9 Å². The van der Waals surface area contributed by atoms with Crippen LogP contribution in [0, 0.1) is 0 Å². The summed E-state index contributed by atoms with van der Waals surface area (Å²) in [6, 6.07) is 16.7. The number of hydrogen-bond acceptors (Lipinski definition) is 2. The lowest BCUT2D eigenvalue weighted by molar-refractivity contribution is 0.809. The van der Waals surface area contributed by atoms with Gasteiger partial charge in [-0.3, -0.25) is 0 Å². The second-order valence-electron chi connectivity index (χ2n) is 4.12. The van der Waals surface area contributed by atoms with Gasteiger partial charge < -0.3 is 0 Å². The first kappa shape index (κ1) is 12.2. The molecule has 1 heterocycles. The fraction of sp³-hybridized carbons (Fsp3) is 0.267. The average molecular weight is 243 g/mol. The highest BCUT2D eigenvalue weighted by molar-refractivity contribution is 7.99. The molecule has 0 saturated heterocycles. The molecule has 1 aromatic carbocycles. The number of nitrogens with zero attached hydrogens (tertiary/aromatic N) is 1. The van der Waals surface area contributed by atoms with Gasteiger partial charge >= 0.3 is 0 Å². The molecular weight excluding hydrogens is 226 g/mol. The molecule has 0 bridgehead atoms. The largest absolute Gasteiger partial charge is 0.250 e. The van der Waals surface area contributed by atoms with Gasteiger partial charge in [0.1, 0.15) is 0 Å². The lowest BCUT2D eigenvalue weighted by atomic mass is 10.1. The van der Waals surface area contributed by atoms with Gasteiger partial charge in [-0.25, -0.2) is 4.98 Å². The maximum Gasteiger partial charge on any atom is 0.0962 e. The molecule has 0 aliphatic heterocycles. The molecule has 0 saturated carbocycles. The first-order valence-electron chi connectivity index (χ1n) is 5.96. The summed E-state index contributed by atoms with van der Waals surface area (Å²) >= 11 is 1.85. The summed E-state index contributed by atoms with van der Waals surface area (Å²) in [6.07, 6.45) is 4.18. The number of aryl methyl sites for hydroxylation is 1. The summed E-state index contributed by atoms with van der Waals surface area (Å²) in [6.45, 7) is 2.27. The van der Waals surface area contributed by atoms with Crippen LogP contribution in [0.4, 0.5) is 0 Å². The lowest BCUT2D eigenvalue weighted by Gasteiger charge is -2.10. The van der Waals surface area contributed by atoms with Gasteiger partial charge in [0.25, 0.3) is 0 Å². The van der Waals surface area contributed by atoms with E-state index in [0.29, 0.717) is 5.25 Å². The van der Waals surface area contributed by atoms with Gasteiger partial charge in [-0.05, 0) is 30.5 Å². The number of rotatable bonds is 5. The van der Waals surface area contributed by atoms with E-state index in [1.54, 1.807) is 0 Å². The predicted molar refractivity (Wildman–Crippen MR) is 74.3 cm³/mol. The smallest absolute Gasteiger partial charge is 0.0962 e. The first-order chi connectivity index (χ1) is 8.34. The molecule has 0 aliphatic carbocycles. The third-order valence-electron chi connectivity index (χ3n) is 2.64. The van der Waals surface area contributed by atoms with Crippen LogP contribution in [0.3, 0.4) is 0 Å². The van der Waals surface area contributed by atoms with Crippen LogP contribution in [0.15, 0.2) is 59.8 Å². The number of benzene rings is 1. The minimum atomic E-state index is 0.602. The summed E-state index contributed by atoms with van der Waals surface area (Å²) in [5, 5.41) is 1.72. The number of aromatic nitrogens is 1. The summed E-state index contributed by atoms with van der Waals surface area (Å²) in [5.74, 6) is 0. The van der Waals surface area contributed by atoms with Crippen LogP contribution in [0.25, 0.3) is 0 Å². The molecule has 0 N–H and O–H groups in total. The van der Waals surface area contributed by atoms with E-state index in [9.17, 15) is 0 Å². The van der Waals surface area contributed by atoms with E-state index in [4.69, 9.17) is 0 Å². The molecular formula is C15H17NS. The van der Waals surface area contributed by atoms with Crippen LogP contribution in [-0.4, -0.2) is 10.2 Å². The monoisotopic (exact) mass is 243 g/mol. The van der Waals surface area contributed by atoms with Crippen LogP contribution in [0.2, 0.25) is 0 Å². The number of thioether (sulfide) groups is 1. The molecule has 0 amide bonds. The molecule has 1 aromatic heterocycles. The minimum Gasteiger partial charge on any atom is -0.250 e. The van der Waals surface area contributed by atoms with Crippen LogP contribution in [0.5, 0.6) is 0 Å². The van der Waals surface area contributed by atoms with E-state index in [1.807, 2.05) is 30.1 Å². The Morgan fingerprint density at radius 1 is 1.06 bits per heavy atom. The van der Waals surface area contributed by atoms with E-state index in [2.05, 4.69) is 48.3 Å². The Balaban J connectivity index is 1.80. The topological polar surface area (TPSA) is 12.9 Å². The van der Waals surface area contributed by atoms with Gasteiger partial charge in [-0.2, -0.15) is 0 Å². The van der Waals surface area contributed by atoms with Crippen molar-refractivity contribution in [1.29, 1.82) is 0 Å². The molecule has 0 radical (unpaired) electrons. The molecule has 0 spiro atoms. The van der Waals surface area contributed by atoms with Crippen molar-refractivity contribution in [2.24, 2.45) is 0 Å². The van der Waals surface area contributed by atoms with Crippen molar-refractivity contribution in [3.63, 3.8) is 0 Å². The van der Waals surface area contributed by atoms with Crippen molar-refractivity contribution >= 4 is 11.8 Å². The van der Waals surface area contributed by atoms with E-state index < -0.39 is 0 Å². The van der Waals surface area contributed by atoms with E-state index in [1.165, 1.54) is 12.0 Å². The molecule has 2 aromatic rings. The summed E-state index contributed by atoms with van der Waals surface area (Å²) in [4.78, 5) is 4.34. The van der Waals surface area contributed by atoms with Crippen molar-refractivity contribution in [3.05, 3.63) is 60.3 Å². The molecule has 1 atom stereocenters. The average Bonchev–Trinajstić information content (AvgIpc) is 2.39. The van der Waals surface area contributed by atoms with Gasteiger partial charge in [0.15, 0.2) is 0 Å². The molecule has 2 rings (SSSR count). The fourth-order valence-corrected chi connectivity index (χ4v) is 2.62. The van der Waals surface area contributed by atoms with Gasteiger partial charge in [0, 0.05) is 11.4 Å². The van der Waals surface area contributed by atoms with Gasteiger partial charge in [-0.15, -0.1) is 11.8 Å². The zero-order chi connectivity index (χ0) is 11.9. The van der Waals surface area contributed by atoms with Gasteiger partial charge in [0.2, 0.25) is 0 Å². The highest BCUT2D eigenvalue weighted by Gasteiger charge is 2.05. The SMILES string of the molecule is C[C@H](CCc1ccccc1)Sc1ccccn1. The fourth-order valence-electron chi connectivity index (χ4n) is 1.70. The Labute approximate surface area is 107 Å². The maximum atomic E-state index is 4.34. The maximum absolute atomic E-state index is 4.34. The Morgan fingerprint density at radius 3 is 2.53 bits per heavy atom. The third kappa shape index (κ3) is 4.23.